The standard InChI is InChI=1S/C16H19N3/c1-2-6-14(7-3-1)16-13-19(11-5-10-18-16)15-8-4-9-17-12-15/h1-4,6-9,12,16,18H,5,10-11,13H2. The largest absolute Gasteiger partial charge is 0.368 e. The fraction of sp³-hybridized carbons (Fsp3) is 0.312. The smallest absolute Gasteiger partial charge is 0.0553 e. The molecule has 3 heteroatoms. The Bertz CT molecular complexity index is 450. The zero-order chi connectivity index (χ0) is 12.9. The summed E-state index contributed by atoms with van der Waals surface area (Å²) in [7, 11) is 0. The third-order valence-electron chi connectivity index (χ3n) is 3.61. The quantitative estimate of drug-likeness (QED) is 0.891. The van der Waals surface area contributed by atoms with Gasteiger partial charge in [-0.3, -0.25) is 4.98 Å². The molecule has 0 radical (unpaired) electrons. The van der Waals surface area contributed by atoms with Crippen LogP contribution in [0.2, 0.25) is 0 Å². The van der Waals surface area contributed by atoms with E-state index < -0.39 is 0 Å². The molecule has 0 bridgehead atoms. The molecule has 1 unspecified atom stereocenters. The summed E-state index contributed by atoms with van der Waals surface area (Å²) in [6, 6.07) is 15.2. The topological polar surface area (TPSA) is 28.2 Å². The van der Waals surface area contributed by atoms with Crippen LogP contribution in [0.3, 0.4) is 0 Å². The molecule has 3 rings (SSSR count). The van der Waals surface area contributed by atoms with Gasteiger partial charge in [-0.15, -0.1) is 0 Å². The molecule has 1 aliphatic rings. The molecular weight excluding hydrogens is 234 g/mol. The van der Waals surface area contributed by atoms with Crippen molar-refractivity contribution in [1.29, 1.82) is 0 Å². The van der Waals surface area contributed by atoms with Gasteiger partial charge in [-0.2, -0.15) is 0 Å². The van der Waals surface area contributed by atoms with Gasteiger partial charge in [-0.25, -0.2) is 0 Å². The van der Waals surface area contributed by atoms with Gasteiger partial charge in [-0.1, -0.05) is 30.3 Å². The van der Waals surface area contributed by atoms with Crippen molar-refractivity contribution >= 4 is 5.69 Å². The van der Waals surface area contributed by atoms with Gasteiger partial charge in [0.15, 0.2) is 0 Å². The van der Waals surface area contributed by atoms with Crippen LogP contribution in [-0.2, 0) is 0 Å². The van der Waals surface area contributed by atoms with Gasteiger partial charge in [0, 0.05) is 25.3 Å². The molecule has 98 valence electrons. The number of hydrogen-bond acceptors (Lipinski definition) is 3. The molecule has 1 N–H and O–H groups in total. The van der Waals surface area contributed by atoms with Crippen molar-refractivity contribution in [2.45, 2.75) is 12.5 Å². The minimum Gasteiger partial charge on any atom is -0.368 e. The second-order valence-corrected chi connectivity index (χ2v) is 4.93. The van der Waals surface area contributed by atoms with Crippen LogP contribution < -0.4 is 10.2 Å². The van der Waals surface area contributed by atoms with Crippen molar-refractivity contribution in [2.24, 2.45) is 0 Å². The van der Waals surface area contributed by atoms with Crippen LogP contribution in [0.25, 0.3) is 0 Å². The van der Waals surface area contributed by atoms with E-state index >= 15 is 0 Å². The molecule has 0 spiro atoms. The summed E-state index contributed by atoms with van der Waals surface area (Å²) < 4.78 is 0. The maximum absolute atomic E-state index is 4.23. The van der Waals surface area contributed by atoms with Crippen molar-refractivity contribution in [1.82, 2.24) is 10.3 Å². The summed E-state index contributed by atoms with van der Waals surface area (Å²) in [6.45, 7) is 3.15. The molecule has 0 amide bonds. The van der Waals surface area contributed by atoms with Crippen LogP contribution in [0.5, 0.6) is 0 Å². The van der Waals surface area contributed by atoms with Crippen LogP contribution in [0.15, 0.2) is 54.9 Å². The average Bonchev–Trinajstić information content (AvgIpc) is 2.75. The molecular formula is C16H19N3. The summed E-state index contributed by atoms with van der Waals surface area (Å²) in [6.07, 6.45) is 4.94. The third-order valence-corrected chi connectivity index (χ3v) is 3.61. The number of anilines is 1. The van der Waals surface area contributed by atoms with Crippen LogP contribution in [0.1, 0.15) is 18.0 Å². The average molecular weight is 253 g/mol. The Morgan fingerprint density at radius 2 is 2.00 bits per heavy atom. The molecule has 19 heavy (non-hydrogen) atoms. The Kier molecular flexibility index (Phi) is 3.75. The van der Waals surface area contributed by atoms with Gasteiger partial charge >= 0.3 is 0 Å². The Morgan fingerprint density at radius 1 is 1.11 bits per heavy atom. The molecule has 2 heterocycles. The molecule has 1 aliphatic heterocycles. The van der Waals surface area contributed by atoms with Crippen molar-refractivity contribution < 1.29 is 0 Å². The van der Waals surface area contributed by atoms with Crippen molar-refractivity contribution in [3.8, 4) is 0 Å². The van der Waals surface area contributed by atoms with E-state index in [2.05, 4.69) is 51.6 Å². The van der Waals surface area contributed by atoms with Gasteiger partial charge < -0.3 is 10.2 Å². The molecule has 1 aromatic heterocycles. The lowest BCUT2D eigenvalue weighted by molar-refractivity contribution is 0.570. The highest BCUT2D eigenvalue weighted by atomic mass is 15.2. The molecule has 1 atom stereocenters. The molecule has 2 aromatic rings. The van der Waals surface area contributed by atoms with Crippen molar-refractivity contribution in [3.05, 3.63) is 60.4 Å². The van der Waals surface area contributed by atoms with E-state index in [9.17, 15) is 0 Å². The first-order valence-electron chi connectivity index (χ1n) is 6.87. The van der Waals surface area contributed by atoms with Gasteiger partial charge in [-0.05, 0) is 30.7 Å². The zero-order valence-corrected chi connectivity index (χ0v) is 11.0. The first-order valence-corrected chi connectivity index (χ1v) is 6.87. The van der Waals surface area contributed by atoms with E-state index in [1.807, 2.05) is 18.5 Å². The summed E-state index contributed by atoms with van der Waals surface area (Å²) in [5.41, 5.74) is 2.57. The Balaban J connectivity index is 1.80. The minimum absolute atomic E-state index is 0.393. The maximum atomic E-state index is 4.23. The number of rotatable bonds is 2. The summed E-state index contributed by atoms with van der Waals surface area (Å²) in [5.74, 6) is 0. The normalized spacial score (nSPS) is 20.0. The number of aromatic nitrogens is 1. The summed E-state index contributed by atoms with van der Waals surface area (Å²) >= 11 is 0. The summed E-state index contributed by atoms with van der Waals surface area (Å²) in [5, 5.41) is 3.64. The van der Waals surface area contributed by atoms with E-state index in [0.717, 1.165) is 26.1 Å². The summed E-state index contributed by atoms with van der Waals surface area (Å²) in [4.78, 5) is 6.65. The first-order chi connectivity index (χ1) is 9.43. The Morgan fingerprint density at radius 3 is 2.79 bits per heavy atom. The monoisotopic (exact) mass is 253 g/mol. The second kappa shape index (κ2) is 5.85. The number of hydrogen-bond donors (Lipinski definition) is 1. The highest BCUT2D eigenvalue weighted by molar-refractivity contribution is 5.44. The fourth-order valence-electron chi connectivity index (χ4n) is 2.61. The molecule has 1 aromatic carbocycles. The predicted molar refractivity (Wildman–Crippen MR) is 78.3 cm³/mol. The van der Waals surface area contributed by atoms with E-state index in [4.69, 9.17) is 0 Å². The SMILES string of the molecule is c1ccc(C2CN(c3cccnc3)CCCN2)cc1. The number of benzene rings is 1. The van der Waals surface area contributed by atoms with Crippen LogP contribution in [0.4, 0.5) is 5.69 Å². The lowest BCUT2D eigenvalue weighted by atomic mass is 10.1. The van der Waals surface area contributed by atoms with Crippen LogP contribution in [0, 0.1) is 0 Å². The predicted octanol–water partition coefficient (Wildman–Crippen LogP) is 2.62. The van der Waals surface area contributed by atoms with Gasteiger partial charge in [0.05, 0.1) is 11.9 Å². The Labute approximate surface area is 114 Å². The van der Waals surface area contributed by atoms with Crippen LogP contribution >= 0.6 is 0 Å². The zero-order valence-electron chi connectivity index (χ0n) is 11.0. The molecule has 3 nitrogen and oxygen atoms in total. The maximum Gasteiger partial charge on any atom is 0.0553 e. The fourth-order valence-corrected chi connectivity index (χ4v) is 2.61. The third kappa shape index (κ3) is 2.93. The van der Waals surface area contributed by atoms with Crippen LogP contribution in [-0.4, -0.2) is 24.6 Å². The number of nitrogens with one attached hydrogen (secondary N) is 1. The molecule has 0 aliphatic carbocycles. The van der Waals surface area contributed by atoms with Gasteiger partial charge in [0.2, 0.25) is 0 Å². The van der Waals surface area contributed by atoms with Gasteiger partial charge in [0.25, 0.3) is 0 Å². The molecule has 0 saturated carbocycles. The highest BCUT2D eigenvalue weighted by Crippen LogP contribution is 2.21. The number of nitrogens with zero attached hydrogens (tertiary/aromatic N) is 2. The lowest BCUT2D eigenvalue weighted by Gasteiger charge is -2.26. The van der Waals surface area contributed by atoms with Crippen molar-refractivity contribution in [3.63, 3.8) is 0 Å². The second-order valence-electron chi connectivity index (χ2n) is 4.93. The van der Waals surface area contributed by atoms with E-state index in [0.29, 0.717) is 6.04 Å². The first kappa shape index (κ1) is 12.2. The highest BCUT2D eigenvalue weighted by Gasteiger charge is 2.19. The number of pyridine rings is 1. The molecule has 1 saturated heterocycles. The van der Waals surface area contributed by atoms with E-state index in [1.165, 1.54) is 11.3 Å². The minimum atomic E-state index is 0.393. The van der Waals surface area contributed by atoms with E-state index in [1.54, 1.807) is 0 Å². The van der Waals surface area contributed by atoms with E-state index in [-0.39, 0.29) is 0 Å². The Hall–Kier alpha value is -1.87. The molecule has 1 fully saturated rings. The lowest BCUT2D eigenvalue weighted by Crippen LogP contribution is -2.31. The van der Waals surface area contributed by atoms with Crippen molar-refractivity contribution in [2.75, 3.05) is 24.5 Å². The van der Waals surface area contributed by atoms with Gasteiger partial charge in [0.1, 0.15) is 0 Å².